The normalized spacial score (nSPS) is 10.5. The van der Waals surface area contributed by atoms with Crippen LogP contribution in [0.3, 0.4) is 0 Å². The van der Waals surface area contributed by atoms with Gasteiger partial charge in [0.25, 0.3) is 0 Å². The van der Waals surface area contributed by atoms with Crippen molar-refractivity contribution in [2.75, 3.05) is 0 Å². The molecule has 0 aliphatic carbocycles. The van der Waals surface area contributed by atoms with Gasteiger partial charge in [0.05, 0.1) is 6.20 Å². The largest absolute Gasteiger partial charge is 0.457 e. The Labute approximate surface area is 156 Å². The smallest absolute Gasteiger partial charge is 0.184 e. The molecule has 0 radical (unpaired) electrons. The summed E-state index contributed by atoms with van der Waals surface area (Å²) in [4.78, 5) is 12.3. The predicted molar refractivity (Wildman–Crippen MR) is 103 cm³/mol. The van der Waals surface area contributed by atoms with Crippen LogP contribution in [0.15, 0.2) is 91.1 Å². The molecule has 0 N–H and O–H groups in total. The Kier molecular flexibility index (Phi) is 4.74. The van der Waals surface area contributed by atoms with Crippen LogP contribution in [-0.4, -0.2) is 20.8 Å². The quantitative estimate of drug-likeness (QED) is 0.474. The molecule has 0 saturated heterocycles. The van der Waals surface area contributed by atoms with E-state index in [1.165, 1.54) is 0 Å². The Hall–Kier alpha value is -3.73. The topological polar surface area (TPSA) is 57.0 Å². The van der Waals surface area contributed by atoms with Crippen molar-refractivity contribution in [2.45, 2.75) is 6.54 Å². The van der Waals surface area contributed by atoms with Crippen molar-refractivity contribution in [1.82, 2.24) is 15.0 Å². The summed E-state index contributed by atoms with van der Waals surface area (Å²) in [6.07, 6.45) is 1.77. The fraction of sp³-hybridized carbons (Fsp3) is 0.0455. The molecule has 0 bridgehead atoms. The summed E-state index contributed by atoms with van der Waals surface area (Å²) in [5.41, 5.74) is 2.23. The van der Waals surface area contributed by atoms with Crippen LogP contribution in [0.4, 0.5) is 0 Å². The predicted octanol–water partition coefficient (Wildman–Crippen LogP) is 4.62. The van der Waals surface area contributed by atoms with Gasteiger partial charge in [-0.15, -0.1) is 5.10 Å². The molecule has 1 aromatic heterocycles. The first-order valence-corrected chi connectivity index (χ1v) is 8.60. The van der Waals surface area contributed by atoms with E-state index in [1.807, 2.05) is 72.8 Å². The minimum absolute atomic E-state index is 0.00629. The average Bonchev–Trinajstić information content (AvgIpc) is 3.18. The minimum Gasteiger partial charge on any atom is -0.457 e. The summed E-state index contributed by atoms with van der Waals surface area (Å²) >= 11 is 0. The number of aromatic nitrogens is 3. The molecule has 0 saturated carbocycles. The molecular formula is C22H17N3O2. The summed E-state index contributed by atoms with van der Waals surface area (Å²) in [5.74, 6) is 1.48. The van der Waals surface area contributed by atoms with Gasteiger partial charge in [0, 0.05) is 11.1 Å². The number of para-hydroxylation sites is 1. The van der Waals surface area contributed by atoms with Crippen molar-refractivity contribution >= 4 is 5.78 Å². The minimum atomic E-state index is -0.00629. The summed E-state index contributed by atoms with van der Waals surface area (Å²) in [5, 5.41) is 8.26. The molecule has 5 heteroatoms. The van der Waals surface area contributed by atoms with E-state index in [9.17, 15) is 4.79 Å². The van der Waals surface area contributed by atoms with Gasteiger partial charge in [-0.05, 0) is 24.3 Å². The van der Waals surface area contributed by atoms with E-state index in [2.05, 4.69) is 10.3 Å². The molecule has 0 fully saturated rings. The molecule has 5 nitrogen and oxygen atoms in total. The molecule has 4 aromatic rings. The van der Waals surface area contributed by atoms with Gasteiger partial charge >= 0.3 is 0 Å². The van der Waals surface area contributed by atoms with Gasteiger partial charge in [0.15, 0.2) is 5.78 Å². The number of hydrogen-bond acceptors (Lipinski definition) is 4. The van der Waals surface area contributed by atoms with E-state index < -0.39 is 0 Å². The van der Waals surface area contributed by atoms with E-state index >= 15 is 0 Å². The second kappa shape index (κ2) is 7.66. The van der Waals surface area contributed by atoms with Crippen molar-refractivity contribution in [3.63, 3.8) is 0 Å². The maximum atomic E-state index is 12.3. The lowest BCUT2D eigenvalue weighted by atomic mass is 10.1. The SMILES string of the molecule is O=C(Cn1cc(-c2cccc(Oc3ccccc3)c2)nn1)c1ccccc1. The van der Waals surface area contributed by atoms with Crippen molar-refractivity contribution < 1.29 is 9.53 Å². The first-order valence-electron chi connectivity index (χ1n) is 8.60. The molecule has 0 amide bonds. The third-order valence-electron chi connectivity index (χ3n) is 4.05. The van der Waals surface area contributed by atoms with Crippen molar-refractivity contribution in [3.05, 3.63) is 96.7 Å². The van der Waals surface area contributed by atoms with Gasteiger partial charge in [-0.1, -0.05) is 65.9 Å². The molecule has 0 atom stereocenters. The molecular weight excluding hydrogens is 338 g/mol. The highest BCUT2D eigenvalue weighted by molar-refractivity contribution is 5.95. The highest BCUT2D eigenvalue weighted by Crippen LogP contribution is 2.26. The summed E-state index contributed by atoms with van der Waals surface area (Å²) in [6.45, 7) is 0.150. The van der Waals surface area contributed by atoms with Crippen molar-refractivity contribution in [2.24, 2.45) is 0 Å². The Morgan fingerprint density at radius 3 is 2.33 bits per heavy atom. The Morgan fingerprint density at radius 1 is 0.852 bits per heavy atom. The zero-order valence-corrected chi connectivity index (χ0v) is 14.5. The zero-order valence-electron chi connectivity index (χ0n) is 14.5. The second-order valence-electron chi connectivity index (χ2n) is 6.03. The summed E-state index contributed by atoms with van der Waals surface area (Å²) in [7, 11) is 0. The average molecular weight is 355 g/mol. The number of hydrogen-bond donors (Lipinski definition) is 0. The molecule has 132 valence electrons. The van der Waals surface area contributed by atoms with Crippen LogP contribution in [-0.2, 0) is 6.54 Å². The molecule has 0 aliphatic rings. The van der Waals surface area contributed by atoms with Gasteiger partial charge < -0.3 is 4.74 Å². The summed E-state index contributed by atoms with van der Waals surface area (Å²) in [6, 6.07) is 26.4. The lowest BCUT2D eigenvalue weighted by molar-refractivity contribution is 0.0967. The van der Waals surface area contributed by atoms with E-state index in [0.717, 1.165) is 11.3 Å². The number of nitrogens with zero attached hydrogens (tertiary/aromatic N) is 3. The number of carbonyl (C=O) groups is 1. The van der Waals surface area contributed by atoms with Crippen LogP contribution < -0.4 is 4.74 Å². The Bertz CT molecular complexity index is 1040. The fourth-order valence-corrected chi connectivity index (χ4v) is 2.71. The lowest BCUT2D eigenvalue weighted by Crippen LogP contribution is -2.10. The summed E-state index contributed by atoms with van der Waals surface area (Å²) < 4.78 is 7.41. The zero-order chi connectivity index (χ0) is 18.5. The first-order chi connectivity index (χ1) is 13.3. The number of carbonyl (C=O) groups excluding carboxylic acids is 1. The van der Waals surface area contributed by atoms with Crippen LogP contribution in [0.25, 0.3) is 11.3 Å². The number of ketones is 1. The fourth-order valence-electron chi connectivity index (χ4n) is 2.71. The third-order valence-corrected chi connectivity index (χ3v) is 4.05. The lowest BCUT2D eigenvalue weighted by Gasteiger charge is -2.06. The number of benzene rings is 3. The molecule has 27 heavy (non-hydrogen) atoms. The van der Waals surface area contributed by atoms with Gasteiger partial charge in [0.2, 0.25) is 0 Å². The van der Waals surface area contributed by atoms with Crippen LogP contribution >= 0.6 is 0 Å². The number of rotatable bonds is 6. The van der Waals surface area contributed by atoms with Crippen LogP contribution in [0, 0.1) is 0 Å². The van der Waals surface area contributed by atoms with E-state index in [1.54, 1.807) is 23.0 Å². The van der Waals surface area contributed by atoms with Gasteiger partial charge in [-0.3, -0.25) is 4.79 Å². The van der Waals surface area contributed by atoms with Gasteiger partial charge in [-0.2, -0.15) is 0 Å². The van der Waals surface area contributed by atoms with E-state index in [-0.39, 0.29) is 12.3 Å². The molecule has 3 aromatic carbocycles. The third kappa shape index (κ3) is 4.10. The molecule has 1 heterocycles. The van der Waals surface area contributed by atoms with Crippen LogP contribution in [0.1, 0.15) is 10.4 Å². The molecule has 0 unspecified atom stereocenters. The van der Waals surface area contributed by atoms with Crippen LogP contribution in [0.2, 0.25) is 0 Å². The molecule has 0 aliphatic heterocycles. The molecule has 4 rings (SSSR count). The maximum Gasteiger partial charge on any atom is 0.184 e. The van der Waals surface area contributed by atoms with E-state index in [4.69, 9.17) is 4.74 Å². The van der Waals surface area contributed by atoms with E-state index in [0.29, 0.717) is 17.0 Å². The Balaban J connectivity index is 1.50. The number of ether oxygens (including phenoxy) is 1. The van der Waals surface area contributed by atoms with Gasteiger partial charge in [-0.25, -0.2) is 4.68 Å². The molecule has 0 spiro atoms. The monoisotopic (exact) mass is 355 g/mol. The van der Waals surface area contributed by atoms with Crippen molar-refractivity contribution in [3.8, 4) is 22.8 Å². The standard InChI is InChI=1S/C22H17N3O2/c26-22(17-8-3-1-4-9-17)16-25-15-21(23-24-25)18-10-7-13-20(14-18)27-19-11-5-2-6-12-19/h1-15H,16H2. The van der Waals surface area contributed by atoms with Crippen LogP contribution in [0.5, 0.6) is 11.5 Å². The maximum absolute atomic E-state index is 12.3. The highest BCUT2D eigenvalue weighted by atomic mass is 16.5. The highest BCUT2D eigenvalue weighted by Gasteiger charge is 2.10. The van der Waals surface area contributed by atoms with Gasteiger partial charge in [0.1, 0.15) is 23.7 Å². The Morgan fingerprint density at radius 2 is 1.56 bits per heavy atom. The number of Topliss-reactive ketones (excluding diaryl/α,β-unsaturated/α-hetero) is 1. The first kappa shape index (κ1) is 16.7. The second-order valence-corrected chi connectivity index (χ2v) is 6.03. The van der Waals surface area contributed by atoms with Crippen molar-refractivity contribution in [1.29, 1.82) is 0 Å².